The highest BCUT2D eigenvalue weighted by atomic mass is 16.5. The zero-order valence-corrected chi connectivity index (χ0v) is 21.1. The highest BCUT2D eigenvalue weighted by Gasteiger charge is 2.17. The third-order valence-electron chi connectivity index (χ3n) is 5.82. The summed E-state index contributed by atoms with van der Waals surface area (Å²) in [5.41, 5.74) is 0.457. The first-order valence-corrected chi connectivity index (χ1v) is 12.8. The number of anilines is 1. The normalized spacial score (nSPS) is 10.8. The minimum absolute atomic E-state index is 0.125. The lowest BCUT2D eigenvalue weighted by Gasteiger charge is -2.10. The fourth-order valence-corrected chi connectivity index (χ4v) is 3.73. The van der Waals surface area contributed by atoms with E-state index >= 15 is 0 Å². The van der Waals surface area contributed by atoms with Crippen LogP contribution in [0.25, 0.3) is 11.0 Å². The molecule has 3 rings (SSSR count). The monoisotopic (exact) mass is 493 g/mol. The number of amides is 1. The van der Waals surface area contributed by atoms with E-state index in [0.717, 1.165) is 25.3 Å². The Bertz CT molecular complexity index is 1200. The summed E-state index contributed by atoms with van der Waals surface area (Å²) in [6, 6.07) is 12.9. The van der Waals surface area contributed by atoms with Crippen LogP contribution in [-0.4, -0.2) is 25.1 Å². The van der Waals surface area contributed by atoms with Gasteiger partial charge in [0.15, 0.2) is 11.0 Å². The van der Waals surface area contributed by atoms with Crippen molar-refractivity contribution in [3.05, 3.63) is 70.1 Å². The number of para-hydroxylation sites is 1. The molecular weight excluding hydrogens is 458 g/mol. The van der Waals surface area contributed by atoms with Crippen LogP contribution in [0.3, 0.4) is 0 Å². The first kappa shape index (κ1) is 27.0. The molecule has 0 aliphatic rings. The molecule has 1 aromatic heterocycles. The molecule has 0 fully saturated rings. The Labute approximate surface area is 211 Å². The Hall–Kier alpha value is -3.61. The summed E-state index contributed by atoms with van der Waals surface area (Å²) < 4.78 is 16.6. The molecule has 0 saturated heterocycles. The molecule has 1 N–H and O–H groups in total. The van der Waals surface area contributed by atoms with Crippen molar-refractivity contribution in [2.24, 2.45) is 0 Å². The third kappa shape index (κ3) is 7.70. The van der Waals surface area contributed by atoms with E-state index in [4.69, 9.17) is 13.9 Å². The molecule has 2 aromatic carbocycles. The number of benzene rings is 2. The lowest BCUT2D eigenvalue weighted by atomic mass is 10.1. The number of hydrogen-bond donors (Lipinski definition) is 1. The van der Waals surface area contributed by atoms with Crippen LogP contribution < -0.4 is 15.5 Å². The quantitative estimate of drug-likeness (QED) is 0.197. The van der Waals surface area contributed by atoms with Crippen LogP contribution in [0.5, 0.6) is 5.75 Å². The van der Waals surface area contributed by atoms with Gasteiger partial charge < -0.3 is 19.2 Å². The number of nitrogens with one attached hydrogen (secondary N) is 1. The first-order valence-electron chi connectivity index (χ1n) is 12.8. The number of carbonyl (C=O) groups is 2. The predicted molar refractivity (Wildman–Crippen MR) is 141 cm³/mol. The van der Waals surface area contributed by atoms with Crippen molar-refractivity contribution < 1.29 is 23.5 Å². The van der Waals surface area contributed by atoms with E-state index in [0.29, 0.717) is 30.0 Å². The second-order valence-corrected chi connectivity index (χ2v) is 8.74. The number of rotatable bonds is 14. The smallest absolute Gasteiger partial charge is 0.374 e. The fraction of sp³-hybridized carbons (Fsp3) is 0.414. The summed E-state index contributed by atoms with van der Waals surface area (Å²) in [5.74, 6) is -0.566. The van der Waals surface area contributed by atoms with E-state index in [-0.39, 0.29) is 34.7 Å². The van der Waals surface area contributed by atoms with E-state index in [2.05, 4.69) is 12.2 Å². The molecule has 0 aliphatic carbocycles. The number of unbranched alkanes of at least 4 members (excludes halogenated alkanes) is 6. The van der Waals surface area contributed by atoms with Gasteiger partial charge in [-0.05, 0) is 49.2 Å². The second-order valence-electron chi connectivity index (χ2n) is 8.74. The molecule has 0 aliphatic heterocycles. The zero-order chi connectivity index (χ0) is 25.8. The van der Waals surface area contributed by atoms with Gasteiger partial charge in [-0.15, -0.1) is 0 Å². The molecule has 0 atom stereocenters. The molecule has 0 unspecified atom stereocenters. The number of hydrogen-bond acceptors (Lipinski definition) is 6. The molecule has 3 aromatic rings. The van der Waals surface area contributed by atoms with Gasteiger partial charge in [0, 0.05) is 11.6 Å². The van der Waals surface area contributed by atoms with Crippen molar-refractivity contribution in [1.82, 2.24) is 0 Å². The van der Waals surface area contributed by atoms with Crippen molar-refractivity contribution in [2.75, 3.05) is 18.5 Å². The molecule has 36 heavy (non-hydrogen) atoms. The van der Waals surface area contributed by atoms with Crippen LogP contribution in [0.2, 0.25) is 0 Å². The van der Waals surface area contributed by atoms with Crippen molar-refractivity contribution in [3.63, 3.8) is 0 Å². The van der Waals surface area contributed by atoms with Crippen LogP contribution in [0.4, 0.5) is 5.69 Å². The van der Waals surface area contributed by atoms with Crippen molar-refractivity contribution in [3.8, 4) is 5.75 Å². The standard InChI is InChI=1S/C29H35NO6/c1-3-5-7-8-9-10-19-34-22-16-14-21(15-17-22)28(32)30-24-13-11-12-23-25(31)20-26(36-27(23)24)29(33)35-18-6-4-2/h11-17,20H,3-10,18-19H2,1-2H3,(H,30,32). The van der Waals surface area contributed by atoms with Gasteiger partial charge in [-0.3, -0.25) is 9.59 Å². The molecule has 0 bridgehead atoms. The highest BCUT2D eigenvalue weighted by molar-refractivity contribution is 6.08. The molecule has 0 saturated carbocycles. The summed E-state index contributed by atoms with van der Waals surface area (Å²) in [5, 5.41) is 3.04. The summed E-state index contributed by atoms with van der Waals surface area (Å²) in [7, 11) is 0. The molecule has 192 valence electrons. The fourth-order valence-electron chi connectivity index (χ4n) is 3.73. The van der Waals surface area contributed by atoms with E-state index in [1.165, 1.54) is 25.7 Å². The Morgan fingerprint density at radius 1 is 0.861 bits per heavy atom. The molecule has 7 nitrogen and oxygen atoms in total. The molecular formula is C29H35NO6. The predicted octanol–water partition coefficient (Wildman–Crippen LogP) is 6.74. The van der Waals surface area contributed by atoms with Gasteiger partial charge in [0.1, 0.15) is 5.75 Å². The number of esters is 1. The minimum atomic E-state index is -0.708. The molecule has 1 heterocycles. The van der Waals surface area contributed by atoms with Crippen LogP contribution >= 0.6 is 0 Å². The molecule has 1 amide bonds. The average molecular weight is 494 g/mol. The Balaban J connectivity index is 1.64. The average Bonchev–Trinajstić information content (AvgIpc) is 2.89. The van der Waals surface area contributed by atoms with Gasteiger partial charge in [0.25, 0.3) is 5.91 Å². The first-order chi connectivity index (χ1) is 17.5. The largest absolute Gasteiger partial charge is 0.494 e. The second kappa shape index (κ2) is 14.1. The van der Waals surface area contributed by atoms with Crippen LogP contribution in [-0.2, 0) is 4.74 Å². The minimum Gasteiger partial charge on any atom is -0.494 e. The van der Waals surface area contributed by atoms with Crippen LogP contribution in [0, 0.1) is 0 Å². The SMILES string of the molecule is CCCCCCCCOc1ccc(C(=O)Nc2cccc3c(=O)cc(C(=O)OCCCC)oc23)cc1. The van der Waals surface area contributed by atoms with Crippen molar-refractivity contribution in [2.45, 2.75) is 65.2 Å². The Morgan fingerprint density at radius 2 is 1.58 bits per heavy atom. The van der Waals surface area contributed by atoms with Crippen molar-refractivity contribution in [1.29, 1.82) is 0 Å². The maximum absolute atomic E-state index is 12.9. The van der Waals surface area contributed by atoms with Crippen LogP contribution in [0.1, 0.15) is 86.1 Å². The summed E-state index contributed by atoms with van der Waals surface area (Å²) in [4.78, 5) is 37.7. The molecule has 0 radical (unpaired) electrons. The lowest BCUT2D eigenvalue weighted by Crippen LogP contribution is -2.14. The summed E-state index contributed by atoms with van der Waals surface area (Å²) in [6.07, 6.45) is 8.76. The van der Waals surface area contributed by atoms with Crippen LogP contribution in [0.15, 0.2) is 57.7 Å². The Morgan fingerprint density at radius 3 is 2.33 bits per heavy atom. The maximum atomic E-state index is 12.9. The van der Waals surface area contributed by atoms with Crippen molar-refractivity contribution >= 4 is 28.5 Å². The Kier molecular flexibility index (Phi) is 10.5. The van der Waals surface area contributed by atoms with Gasteiger partial charge in [-0.2, -0.15) is 0 Å². The zero-order valence-electron chi connectivity index (χ0n) is 21.1. The van der Waals surface area contributed by atoms with E-state index in [1.54, 1.807) is 42.5 Å². The number of carbonyl (C=O) groups excluding carboxylic acids is 2. The maximum Gasteiger partial charge on any atom is 0.374 e. The molecule has 7 heteroatoms. The van der Waals surface area contributed by atoms with E-state index in [9.17, 15) is 14.4 Å². The van der Waals surface area contributed by atoms with Gasteiger partial charge in [-0.25, -0.2) is 4.79 Å². The summed E-state index contributed by atoms with van der Waals surface area (Å²) in [6.45, 7) is 5.08. The summed E-state index contributed by atoms with van der Waals surface area (Å²) >= 11 is 0. The van der Waals surface area contributed by atoms with Gasteiger partial charge in [-0.1, -0.05) is 58.4 Å². The van der Waals surface area contributed by atoms with Gasteiger partial charge >= 0.3 is 5.97 Å². The van der Waals surface area contributed by atoms with E-state index in [1.807, 2.05) is 6.92 Å². The lowest BCUT2D eigenvalue weighted by molar-refractivity contribution is 0.0464. The number of ether oxygens (including phenoxy) is 2. The van der Waals surface area contributed by atoms with Gasteiger partial charge in [0.2, 0.25) is 5.76 Å². The number of fused-ring (bicyclic) bond motifs is 1. The molecule has 0 spiro atoms. The van der Waals surface area contributed by atoms with E-state index < -0.39 is 5.97 Å². The third-order valence-corrected chi connectivity index (χ3v) is 5.82. The van der Waals surface area contributed by atoms with Gasteiger partial charge in [0.05, 0.1) is 24.3 Å². The topological polar surface area (TPSA) is 94.8 Å². The highest BCUT2D eigenvalue weighted by Crippen LogP contribution is 2.24.